The highest BCUT2D eigenvalue weighted by Gasteiger charge is 2.71. The van der Waals surface area contributed by atoms with Gasteiger partial charge < -0.3 is 10.4 Å². The molecule has 12 heteroatoms. The van der Waals surface area contributed by atoms with Crippen molar-refractivity contribution in [3.63, 3.8) is 0 Å². The van der Waals surface area contributed by atoms with Crippen molar-refractivity contribution < 1.29 is 36.2 Å². The second-order valence-corrected chi connectivity index (χ2v) is 8.74. The third-order valence-electron chi connectivity index (χ3n) is 5.05. The smallest absolute Gasteiger partial charge is 0.369 e. The first-order valence-corrected chi connectivity index (χ1v) is 11.1. The second-order valence-electron chi connectivity index (χ2n) is 7.67. The van der Waals surface area contributed by atoms with Crippen molar-refractivity contribution >= 4 is 23.4 Å². The molecule has 190 valence electrons. The Hall–Kier alpha value is -3.38. The number of hydrogen-bond acceptors (Lipinski definition) is 5. The van der Waals surface area contributed by atoms with Gasteiger partial charge in [0.05, 0.1) is 0 Å². The van der Waals surface area contributed by atoms with E-state index in [1.54, 1.807) is 37.4 Å². The molecule has 0 aliphatic rings. The summed E-state index contributed by atoms with van der Waals surface area (Å²) < 4.78 is 78.4. The van der Waals surface area contributed by atoms with Crippen LogP contribution < -0.4 is 5.32 Å². The number of hydrogen-bond donors (Lipinski definition) is 2. The summed E-state index contributed by atoms with van der Waals surface area (Å²) in [7, 11) is 0. The molecule has 36 heavy (non-hydrogen) atoms. The van der Waals surface area contributed by atoms with Gasteiger partial charge in [0.2, 0.25) is 5.91 Å². The fourth-order valence-electron chi connectivity index (χ4n) is 3.09. The average Bonchev–Trinajstić information content (AvgIpc) is 2.81. The Morgan fingerprint density at radius 3 is 2.14 bits per heavy atom. The lowest BCUT2D eigenvalue weighted by molar-refractivity contribution is -0.376. The topological polar surface area (TPSA) is 75.1 Å². The Morgan fingerprint density at radius 2 is 1.61 bits per heavy atom. The number of rotatable bonds is 7. The van der Waals surface area contributed by atoms with Crippen molar-refractivity contribution in [2.75, 3.05) is 5.32 Å². The maximum absolute atomic E-state index is 13.1. The number of anilines is 1. The first-order valence-electron chi connectivity index (χ1n) is 10.2. The molecule has 0 aliphatic heterocycles. The van der Waals surface area contributed by atoms with Crippen LogP contribution >= 0.6 is 11.8 Å². The summed E-state index contributed by atoms with van der Waals surface area (Å²) in [6.45, 7) is 5.17. The first kappa shape index (κ1) is 27.2. The largest absolute Gasteiger partial charge is 0.430 e. The minimum Gasteiger partial charge on any atom is -0.369 e. The van der Waals surface area contributed by atoms with Gasteiger partial charge in [0.1, 0.15) is 10.9 Å². The zero-order valence-corrected chi connectivity index (χ0v) is 19.4. The van der Waals surface area contributed by atoms with Crippen LogP contribution in [0.15, 0.2) is 77.3 Å². The Bertz CT molecular complexity index is 1230. The van der Waals surface area contributed by atoms with Crippen LogP contribution in [0.3, 0.4) is 0 Å². The average molecular weight is 527 g/mol. The van der Waals surface area contributed by atoms with Crippen LogP contribution in [-0.4, -0.2) is 33.3 Å². The highest BCUT2D eigenvalue weighted by Crippen LogP contribution is 2.50. The van der Waals surface area contributed by atoms with E-state index in [1.165, 1.54) is 11.8 Å². The molecule has 0 aliphatic carbocycles. The number of nitrogens with one attached hydrogen (secondary N) is 1. The Labute approximate surface area is 206 Å². The van der Waals surface area contributed by atoms with E-state index in [0.717, 1.165) is 28.7 Å². The number of aliphatic hydroxyl groups is 1. The molecule has 0 radical (unpaired) electrons. The van der Waals surface area contributed by atoms with E-state index in [2.05, 4.69) is 21.9 Å². The summed E-state index contributed by atoms with van der Waals surface area (Å²) in [6, 6.07) is 10.2. The lowest BCUT2D eigenvalue weighted by atomic mass is 9.91. The fourth-order valence-corrected chi connectivity index (χ4v) is 3.96. The molecule has 0 atom stereocenters. The Morgan fingerprint density at radius 1 is 1.03 bits per heavy atom. The molecule has 0 saturated heterocycles. The fraction of sp³-hybridized carbons (Fsp3) is 0.208. The lowest BCUT2D eigenvalue weighted by Crippen LogP contribution is -2.53. The quantitative estimate of drug-likeness (QED) is 0.225. The molecular formula is C24H19F6N3O2S. The number of amides is 1. The predicted octanol–water partition coefficient (Wildman–Crippen LogP) is 5.96. The normalized spacial score (nSPS) is 12.3. The number of halogens is 6. The number of benzene rings is 2. The van der Waals surface area contributed by atoms with Crippen molar-refractivity contribution in [3.05, 3.63) is 89.9 Å². The van der Waals surface area contributed by atoms with Gasteiger partial charge in [0.15, 0.2) is 0 Å². The molecule has 3 rings (SSSR count). The zero-order chi connectivity index (χ0) is 26.7. The first-order chi connectivity index (χ1) is 16.7. The summed E-state index contributed by atoms with van der Waals surface area (Å²) in [5.41, 5.74) is -4.63. The summed E-state index contributed by atoms with van der Waals surface area (Å²) in [5, 5.41) is 12.7. The molecule has 0 saturated carbocycles. The summed E-state index contributed by atoms with van der Waals surface area (Å²) in [4.78, 5) is 20.8. The van der Waals surface area contributed by atoms with Gasteiger partial charge in [-0.25, -0.2) is 9.97 Å². The Balaban J connectivity index is 1.78. The van der Waals surface area contributed by atoms with E-state index in [0.29, 0.717) is 34.2 Å². The third-order valence-corrected chi connectivity index (χ3v) is 6.17. The van der Waals surface area contributed by atoms with Crippen LogP contribution in [0.5, 0.6) is 0 Å². The monoisotopic (exact) mass is 527 g/mol. The zero-order valence-electron chi connectivity index (χ0n) is 18.6. The minimum absolute atomic E-state index is 0.0388. The summed E-state index contributed by atoms with van der Waals surface area (Å²) in [5.74, 6) is -0.0474. The van der Waals surface area contributed by atoms with Gasteiger partial charge in [-0.2, -0.15) is 26.3 Å². The molecule has 0 bridgehead atoms. The molecule has 0 spiro atoms. The van der Waals surface area contributed by atoms with Crippen LogP contribution in [0.2, 0.25) is 0 Å². The third kappa shape index (κ3) is 5.88. The van der Waals surface area contributed by atoms with Crippen molar-refractivity contribution in [2.45, 2.75) is 41.2 Å². The lowest BCUT2D eigenvalue weighted by Gasteiger charge is -2.32. The molecule has 2 aromatic carbocycles. The number of alkyl halides is 6. The van der Waals surface area contributed by atoms with Gasteiger partial charge in [-0.3, -0.25) is 4.79 Å². The van der Waals surface area contributed by atoms with Crippen molar-refractivity contribution in [1.29, 1.82) is 0 Å². The Kier molecular flexibility index (Phi) is 7.79. The second kappa shape index (κ2) is 10.3. The number of carbonyl (C=O) groups excluding carboxylic acids is 1. The van der Waals surface area contributed by atoms with Crippen molar-refractivity contribution in [1.82, 2.24) is 9.97 Å². The van der Waals surface area contributed by atoms with Gasteiger partial charge in [-0.05, 0) is 48.4 Å². The van der Waals surface area contributed by atoms with E-state index in [4.69, 9.17) is 0 Å². The number of carbonyl (C=O) groups is 1. The van der Waals surface area contributed by atoms with Gasteiger partial charge in [0, 0.05) is 28.8 Å². The van der Waals surface area contributed by atoms with E-state index < -0.39 is 23.5 Å². The van der Waals surface area contributed by atoms with Crippen LogP contribution in [-0.2, 0) is 16.8 Å². The molecule has 0 fully saturated rings. The number of aryl methyl sites for hydroxylation is 1. The number of nitrogens with zero attached hydrogens (tertiary/aromatic N) is 2. The van der Waals surface area contributed by atoms with E-state index in [1.807, 2.05) is 0 Å². The number of aromatic nitrogens is 2. The van der Waals surface area contributed by atoms with Gasteiger partial charge in [-0.15, -0.1) is 0 Å². The molecule has 5 nitrogen and oxygen atoms in total. The van der Waals surface area contributed by atoms with Crippen LogP contribution in [0, 0.1) is 6.92 Å². The van der Waals surface area contributed by atoms with E-state index in [9.17, 15) is 36.2 Å². The summed E-state index contributed by atoms with van der Waals surface area (Å²) in [6.07, 6.45) is -9.15. The van der Waals surface area contributed by atoms with E-state index in [-0.39, 0.29) is 12.3 Å². The van der Waals surface area contributed by atoms with Crippen LogP contribution in [0.4, 0.5) is 32.0 Å². The maximum atomic E-state index is 13.1. The molecule has 3 aromatic rings. The molecule has 1 heterocycles. The molecule has 1 aromatic heterocycles. The highest BCUT2D eigenvalue weighted by atomic mass is 32.2. The molecule has 0 unspecified atom stereocenters. The van der Waals surface area contributed by atoms with Gasteiger partial charge >= 0.3 is 12.4 Å². The minimum atomic E-state index is -5.95. The van der Waals surface area contributed by atoms with Gasteiger partial charge in [0.25, 0.3) is 5.60 Å². The van der Waals surface area contributed by atoms with E-state index >= 15 is 0 Å². The van der Waals surface area contributed by atoms with Crippen LogP contribution in [0.25, 0.3) is 0 Å². The molecule has 2 N–H and O–H groups in total. The van der Waals surface area contributed by atoms with Crippen molar-refractivity contribution in [2.24, 2.45) is 0 Å². The SMILES string of the molecule is C=CC(=O)Nc1ccc(Sc2nc(Cc3ccc(C(O)(C(F)(F)F)C(F)(F)F)cc3)ncc2C)cc1. The maximum Gasteiger partial charge on any atom is 0.430 e. The summed E-state index contributed by atoms with van der Waals surface area (Å²) >= 11 is 1.32. The molecule has 1 amide bonds. The predicted molar refractivity (Wildman–Crippen MR) is 121 cm³/mol. The van der Waals surface area contributed by atoms with Crippen molar-refractivity contribution in [3.8, 4) is 0 Å². The molecular weight excluding hydrogens is 508 g/mol. The van der Waals surface area contributed by atoms with Crippen LogP contribution in [0.1, 0.15) is 22.5 Å². The van der Waals surface area contributed by atoms with Gasteiger partial charge in [-0.1, -0.05) is 42.6 Å². The standard InChI is InChI=1S/C24H19F6N3O2S/c1-3-20(34)32-17-8-10-18(11-9-17)36-21-14(2)13-31-19(33-21)12-15-4-6-16(7-5-15)22(35,23(25,26)27)24(28,29)30/h3-11,13,35H,1,12H2,2H3,(H,32,34). The highest BCUT2D eigenvalue weighted by molar-refractivity contribution is 7.99.